The fourth-order valence-electron chi connectivity index (χ4n) is 4.81. The van der Waals surface area contributed by atoms with Gasteiger partial charge in [-0.2, -0.15) is 0 Å². The SMILES string of the molecule is Cc1ncccc1C(=O)NC1CCC(CCN2CCc3nc(OCC(C)(F)F)sc3CC2)CC1. The highest BCUT2D eigenvalue weighted by Crippen LogP contribution is 2.30. The number of rotatable bonds is 8. The number of hydrogen-bond donors (Lipinski definition) is 1. The summed E-state index contributed by atoms with van der Waals surface area (Å²) >= 11 is 1.41. The molecular formula is C25H34F2N4O2S. The molecule has 1 aliphatic carbocycles. The lowest BCUT2D eigenvalue weighted by molar-refractivity contribution is -0.0230. The number of aromatic nitrogens is 2. The first-order valence-corrected chi connectivity index (χ1v) is 13.0. The van der Waals surface area contributed by atoms with Crippen LogP contribution in [-0.2, 0) is 12.8 Å². The summed E-state index contributed by atoms with van der Waals surface area (Å²) in [5.41, 5.74) is 2.43. The smallest absolute Gasteiger partial charge is 0.278 e. The Morgan fingerprint density at radius 1 is 1.26 bits per heavy atom. The first kappa shape index (κ1) is 25.0. The minimum Gasteiger partial charge on any atom is -0.464 e. The van der Waals surface area contributed by atoms with E-state index in [1.807, 2.05) is 13.0 Å². The first-order chi connectivity index (χ1) is 16.3. The number of thiazole rings is 1. The van der Waals surface area contributed by atoms with Crippen LogP contribution in [0.5, 0.6) is 5.19 Å². The quantitative estimate of drug-likeness (QED) is 0.581. The van der Waals surface area contributed by atoms with Crippen LogP contribution >= 0.6 is 11.3 Å². The van der Waals surface area contributed by atoms with Gasteiger partial charge in [0.2, 0.25) is 0 Å². The van der Waals surface area contributed by atoms with Gasteiger partial charge in [0.05, 0.1) is 11.3 Å². The van der Waals surface area contributed by atoms with E-state index in [1.54, 1.807) is 12.3 Å². The van der Waals surface area contributed by atoms with Gasteiger partial charge in [0, 0.05) is 49.2 Å². The van der Waals surface area contributed by atoms with Gasteiger partial charge in [0.1, 0.15) is 0 Å². The van der Waals surface area contributed by atoms with Crippen molar-refractivity contribution in [3.63, 3.8) is 0 Å². The van der Waals surface area contributed by atoms with Crippen LogP contribution in [0.1, 0.15) is 65.7 Å². The third kappa shape index (κ3) is 6.95. The molecule has 1 amide bonds. The van der Waals surface area contributed by atoms with Crippen molar-refractivity contribution in [1.82, 2.24) is 20.2 Å². The van der Waals surface area contributed by atoms with Crippen LogP contribution in [0.3, 0.4) is 0 Å². The third-order valence-corrected chi connectivity index (χ3v) is 7.88. The van der Waals surface area contributed by atoms with Gasteiger partial charge in [-0.05, 0) is 70.0 Å². The average Bonchev–Trinajstić information content (AvgIpc) is 3.10. The minimum atomic E-state index is -2.84. The Kier molecular flexibility index (Phi) is 8.14. The molecular weight excluding hydrogens is 458 g/mol. The molecule has 2 aromatic heterocycles. The standard InChI is InChI=1S/C25H34F2N4O2S/c1-17-20(4-3-12-28-17)23(32)29-19-7-5-18(6-8-19)9-13-31-14-10-21-22(11-15-31)34-24(30-21)33-16-25(2,26)27/h3-4,12,18-19H,5-11,13-16H2,1-2H3,(H,29,32). The zero-order chi connectivity index (χ0) is 24.1. The molecule has 9 heteroatoms. The van der Waals surface area contributed by atoms with E-state index in [4.69, 9.17) is 4.74 Å². The number of halogens is 2. The van der Waals surface area contributed by atoms with E-state index >= 15 is 0 Å². The molecule has 3 heterocycles. The molecule has 0 spiro atoms. The Hall–Kier alpha value is -2.13. The Morgan fingerprint density at radius 3 is 2.76 bits per heavy atom. The van der Waals surface area contributed by atoms with Gasteiger partial charge in [-0.15, -0.1) is 0 Å². The van der Waals surface area contributed by atoms with Crippen LogP contribution in [0, 0.1) is 12.8 Å². The number of carbonyl (C=O) groups is 1. The number of alkyl halides is 2. The Morgan fingerprint density at radius 2 is 2.03 bits per heavy atom. The molecule has 0 radical (unpaired) electrons. The predicted molar refractivity (Wildman–Crippen MR) is 129 cm³/mol. The molecule has 4 rings (SSSR count). The molecule has 0 unspecified atom stereocenters. The van der Waals surface area contributed by atoms with Crippen molar-refractivity contribution in [2.75, 3.05) is 26.2 Å². The lowest BCUT2D eigenvalue weighted by atomic mass is 9.84. The number of pyridine rings is 1. The topological polar surface area (TPSA) is 67.4 Å². The molecule has 1 saturated carbocycles. The highest BCUT2D eigenvalue weighted by molar-refractivity contribution is 7.13. The van der Waals surface area contributed by atoms with Crippen molar-refractivity contribution in [2.45, 2.75) is 70.8 Å². The van der Waals surface area contributed by atoms with Crippen molar-refractivity contribution >= 4 is 17.2 Å². The third-order valence-electron chi connectivity index (χ3n) is 6.81. The normalized spacial score (nSPS) is 21.5. The van der Waals surface area contributed by atoms with Crippen molar-refractivity contribution in [3.05, 3.63) is 40.2 Å². The Labute approximate surface area is 204 Å². The van der Waals surface area contributed by atoms with E-state index in [9.17, 15) is 13.6 Å². The molecule has 1 N–H and O–H groups in total. The van der Waals surface area contributed by atoms with Crippen LogP contribution < -0.4 is 10.1 Å². The van der Waals surface area contributed by atoms with E-state index in [-0.39, 0.29) is 11.9 Å². The second-order valence-electron chi connectivity index (χ2n) is 9.67. The monoisotopic (exact) mass is 492 g/mol. The zero-order valence-electron chi connectivity index (χ0n) is 20.0. The molecule has 0 aromatic carbocycles. The van der Waals surface area contributed by atoms with Crippen LogP contribution in [0.25, 0.3) is 0 Å². The predicted octanol–water partition coefficient (Wildman–Crippen LogP) is 4.66. The van der Waals surface area contributed by atoms with Crippen LogP contribution in [0.15, 0.2) is 18.3 Å². The molecule has 1 fully saturated rings. The van der Waals surface area contributed by atoms with Crippen molar-refractivity contribution in [3.8, 4) is 5.19 Å². The number of nitrogens with one attached hydrogen (secondary N) is 1. The molecule has 0 atom stereocenters. The highest BCUT2D eigenvalue weighted by Gasteiger charge is 2.26. The van der Waals surface area contributed by atoms with Gasteiger partial charge in [0.25, 0.3) is 17.0 Å². The number of aryl methyl sites for hydroxylation is 1. The van der Waals surface area contributed by atoms with Crippen molar-refractivity contribution in [1.29, 1.82) is 0 Å². The number of nitrogens with zero attached hydrogens (tertiary/aromatic N) is 3. The Bertz CT molecular complexity index is 945. The summed E-state index contributed by atoms with van der Waals surface area (Å²) in [6.45, 7) is 5.07. The van der Waals surface area contributed by atoms with Gasteiger partial charge >= 0.3 is 0 Å². The minimum absolute atomic E-state index is 0.0170. The van der Waals surface area contributed by atoms with E-state index < -0.39 is 12.5 Å². The first-order valence-electron chi connectivity index (χ1n) is 12.2. The van der Waals surface area contributed by atoms with E-state index in [0.29, 0.717) is 16.7 Å². The van der Waals surface area contributed by atoms with Gasteiger partial charge in [-0.1, -0.05) is 11.3 Å². The van der Waals surface area contributed by atoms with Gasteiger partial charge in [0.15, 0.2) is 6.61 Å². The van der Waals surface area contributed by atoms with Crippen molar-refractivity contribution in [2.24, 2.45) is 5.92 Å². The van der Waals surface area contributed by atoms with Crippen LogP contribution in [0.2, 0.25) is 0 Å². The fourth-order valence-corrected chi connectivity index (χ4v) is 5.75. The molecule has 2 aliphatic rings. The maximum absolute atomic E-state index is 13.0. The molecule has 186 valence electrons. The van der Waals surface area contributed by atoms with Crippen LogP contribution in [0.4, 0.5) is 8.78 Å². The maximum Gasteiger partial charge on any atom is 0.278 e. The molecule has 2 aromatic rings. The van der Waals surface area contributed by atoms with Gasteiger partial charge in [-0.3, -0.25) is 9.78 Å². The number of amides is 1. The van der Waals surface area contributed by atoms with Gasteiger partial charge < -0.3 is 15.0 Å². The van der Waals surface area contributed by atoms with E-state index in [2.05, 4.69) is 20.2 Å². The second-order valence-corrected chi connectivity index (χ2v) is 10.7. The summed E-state index contributed by atoms with van der Waals surface area (Å²) in [5, 5.41) is 3.56. The number of hydrogen-bond acceptors (Lipinski definition) is 6. The number of ether oxygens (including phenoxy) is 1. The molecule has 6 nitrogen and oxygen atoms in total. The van der Waals surface area contributed by atoms with E-state index in [0.717, 1.165) is 81.3 Å². The highest BCUT2D eigenvalue weighted by atomic mass is 32.1. The second kappa shape index (κ2) is 11.1. The van der Waals surface area contributed by atoms with Gasteiger partial charge in [-0.25, -0.2) is 13.8 Å². The maximum atomic E-state index is 13.0. The van der Waals surface area contributed by atoms with E-state index in [1.165, 1.54) is 17.8 Å². The van der Waals surface area contributed by atoms with Crippen LogP contribution in [-0.4, -0.2) is 59.0 Å². The number of fused-ring (bicyclic) bond motifs is 1. The molecule has 34 heavy (non-hydrogen) atoms. The summed E-state index contributed by atoms with van der Waals surface area (Å²) < 4.78 is 31.3. The zero-order valence-corrected chi connectivity index (χ0v) is 20.8. The Balaban J connectivity index is 1.16. The lowest BCUT2D eigenvalue weighted by Crippen LogP contribution is -2.38. The summed E-state index contributed by atoms with van der Waals surface area (Å²) in [5.74, 6) is -2.17. The summed E-state index contributed by atoms with van der Waals surface area (Å²) in [6, 6.07) is 3.88. The van der Waals surface area contributed by atoms with Crippen molar-refractivity contribution < 1.29 is 18.3 Å². The average molecular weight is 493 g/mol. The number of carbonyl (C=O) groups excluding carboxylic acids is 1. The fraction of sp³-hybridized carbons (Fsp3) is 0.640. The summed E-state index contributed by atoms with van der Waals surface area (Å²) in [4.78, 5) is 24.9. The molecule has 0 saturated heterocycles. The lowest BCUT2D eigenvalue weighted by Gasteiger charge is -2.30. The molecule has 0 bridgehead atoms. The molecule has 1 aliphatic heterocycles. The summed E-state index contributed by atoms with van der Waals surface area (Å²) in [6.07, 6.45) is 8.94. The largest absolute Gasteiger partial charge is 0.464 e. The summed E-state index contributed by atoms with van der Waals surface area (Å²) in [7, 11) is 0.